The number of hydrogen-bond acceptors (Lipinski definition) is 3. The summed E-state index contributed by atoms with van der Waals surface area (Å²) in [5.41, 5.74) is 0. The van der Waals surface area contributed by atoms with Crippen LogP contribution in [0.4, 0.5) is 0 Å². The molecular weight excluding hydrogens is 374 g/mol. The number of esters is 1. The van der Waals surface area contributed by atoms with Crippen molar-refractivity contribution in [1.29, 1.82) is 0 Å². The molecule has 0 bridgehead atoms. The quantitative estimate of drug-likeness (QED) is 0.154. The third kappa shape index (κ3) is 14.8. The minimum Gasteiger partial charge on any atom is -0.466 e. The zero-order chi connectivity index (χ0) is 22.6. The Morgan fingerprint density at radius 2 is 1.20 bits per heavy atom. The molecule has 0 aliphatic rings. The molecular formula is C26H51NO3. The Bertz CT molecular complexity index is 407. The van der Waals surface area contributed by atoms with Crippen LogP contribution in [0.3, 0.4) is 0 Å². The standard InChI is InChI=1S/C26H51NO3/c1-6-11-16-23(9-4)21-27(22-24(10-5)17-12-7-2)25(28)18-14-15-19-26(29)30-20-13-8-3/h23-24H,6-22H2,1-5H3. The first-order chi connectivity index (χ1) is 14.5. The first-order valence-electron chi connectivity index (χ1n) is 12.9. The van der Waals surface area contributed by atoms with Crippen LogP contribution in [0.15, 0.2) is 0 Å². The van der Waals surface area contributed by atoms with E-state index in [2.05, 4.69) is 39.5 Å². The molecule has 0 fully saturated rings. The number of rotatable bonds is 20. The SMILES string of the molecule is CCCCOC(=O)CCCCC(=O)N(CC(CC)CCCC)CC(CC)CCCC. The lowest BCUT2D eigenvalue weighted by molar-refractivity contribution is -0.144. The van der Waals surface area contributed by atoms with E-state index >= 15 is 0 Å². The highest BCUT2D eigenvalue weighted by Crippen LogP contribution is 2.20. The molecule has 0 spiro atoms. The van der Waals surface area contributed by atoms with E-state index in [1.54, 1.807) is 0 Å². The molecule has 178 valence electrons. The molecule has 1 amide bonds. The number of nitrogens with zero attached hydrogens (tertiary/aromatic N) is 1. The zero-order valence-corrected chi connectivity index (χ0v) is 20.8. The summed E-state index contributed by atoms with van der Waals surface area (Å²) in [6, 6.07) is 0. The number of ether oxygens (including phenoxy) is 1. The molecule has 2 atom stereocenters. The Balaban J connectivity index is 4.65. The average Bonchev–Trinajstić information content (AvgIpc) is 2.75. The predicted octanol–water partition coefficient (Wildman–Crippen LogP) is 7.15. The van der Waals surface area contributed by atoms with E-state index in [-0.39, 0.29) is 11.9 Å². The maximum atomic E-state index is 13.1. The second-order valence-corrected chi connectivity index (χ2v) is 8.91. The van der Waals surface area contributed by atoms with Gasteiger partial charge in [-0.2, -0.15) is 0 Å². The highest BCUT2D eigenvalue weighted by atomic mass is 16.5. The first-order valence-corrected chi connectivity index (χ1v) is 12.9. The molecule has 4 heteroatoms. The maximum absolute atomic E-state index is 13.1. The Labute approximate surface area is 187 Å². The van der Waals surface area contributed by atoms with Gasteiger partial charge in [0.05, 0.1) is 6.61 Å². The minimum absolute atomic E-state index is 0.121. The summed E-state index contributed by atoms with van der Waals surface area (Å²) in [6.07, 6.45) is 14.1. The van der Waals surface area contributed by atoms with Crippen molar-refractivity contribution in [1.82, 2.24) is 4.90 Å². The maximum Gasteiger partial charge on any atom is 0.305 e. The van der Waals surface area contributed by atoms with Crippen LogP contribution in [0.25, 0.3) is 0 Å². The highest BCUT2D eigenvalue weighted by molar-refractivity contribution is 5.76. The molecule has 2 unspecified atom stereocenters. The number of carbonyl (C=O) groups excluding carboxylic acids is 2. The van der Waals surface area contributed by atoms with Gasteiger partial charge in [0, 0.05) is 25.9 Å². The van der Waals surface area contributed by atoms with Crippen molar-refractivity contribution < 1.29 is 14.3 Å². The fourth-order valence-electron chi connectivity index (χ4n) is 3.84. The van der Waals surface area contributed by atoms with E-state index in [0.29, 0.717) is 31.3 Å². The summed E-state index contributed by atoms with van der Waals surface area (Å²) < 4.78 is 5.21. The largest absolute Gasteiger partial charge is 0.466 e. The van der Waals surface area contributed by atoms with Gasteiger partial charge in [0.1, 0.15) is 0 Å². The van der Waals surface area contributed by atoms with Crippen LogP contribution < -0.4 is 0 Å². The molecule has 0 aromatic rings. The first kappa shape index (κ1) is 28.9. The van der Waals surface area contributed by atoms with E-state index in [9.17, 15) is 9.59 Å². The average molecular weight is 426 g/mol. The smallest absolute Gasteiger partial charge is 0.305 e. The van der Waals surface area contributed by atoms with Crippen molar-refractivity contribution in [2.24, 2.45) is 11.8 Å². The van der Waals surface area contributed by atoms with Gasteiger partial charge < -0.3 is 9.64 Å². The molecule has 0 aromatic carbocycles. The minimum atomic E-state index is -0.121. The Hall–Kier alpha value is -1.06. The lowest BCUT2D eigenvalue weighted by Gasteiger charge is -2.31. The van der Waals surface area contributed by atoms with E-state index in [0.717, 1.165) is 51.6 Å². The van der Waals surface area contributed by atoms with Gasteiger partial charge in [-0.3, -0.25) is 9.59 Å². The monoisotopic (exact) mass is 425 g/mol. The van der Waals surface area contributed by atoms with Crippen LogP contribution in [-0.4, -0.2) is 36.5 Å². The summed E-state index contributed by atoms with van der Waals surface area (Å²) in [7, 11) is 0. The van der Waals surface area contributed by atoms with Gasteiger partial charge in [-0.15, -0.1) is 0 Å². The molecule has 0 heterocycles. The molecule has 0 N–H and O–H groups in total. The highest BCUT2D eigenvalue weighted by Gasteiger charge is 2.21. The van der Waals surface area contributed by atoms with Crippen molar-refractivity contribution in [3.05, 3.63) is 0 Å². The predicted molar refractivity (Wildman–Crippen MR) is 128 cm³/mol. The van der Waals surface area contributed by atoms with E-state index < -0.39 is 0 Å². The van der Waals surface area contributed by atoms with Gasteiger partial charge in [-0.05, 0) is 43.9 Å². The van der Waals surface area contributed by atoms with Gasteiger partial charge >= 0.3 is 5.97 Å². The number of carbonyl (C=O) groups is 2. The second kappa shape index (κ2) is 19.9. The summed E-state index contributed by atoms with van der Waals surface area (Å²) in [4.78, 5) is 27.0. The zero-order valence-electron chi connectivity index (χ0n) is 20.8. The summed E-state index contributed by atoms with van der Waals surface area (Å²) in [5, 5.41) is 0. The van der Waals surface area contributed by atoms with Crippen molar-refractivity contribution in [3.8, 4) is 0 Å². The normalized spacial score (nSPS) is 13.1. The number of hydrogen-bond donors (Lipinski definition) is 0. The van der Waals surface area contributed by atoms with Crippen LogP contribution in [0.1, 0.15) is 125 Å². The number of amides is 1. The van der Waals surface area contributed by atoms with Crippen LogP contribution >= 0.6 is 0 Å². The van der Waals surface area contributed by atoms with E-state index in [1.807, 2.05) is 0 Å². The molecule has 0 aliphatic heterocycles. The number of unbranched alkanes of at least 4 members (excludes halogenated alkanes) is 4. The molecule has 0 aliphatic carbocycles. The van der Waals surface area contributed by atoms with E-state index in [4.69, 9.17) is 4.74 Å². The topological polar surface area (TPSA) is 46.6 Å². The second-order valence-electron chi connectivity index (χ2n) is 8.91. The summed E-state index contributed by atoms with van der Waals surface area (Å²) in [6.45, 7) is 13.4. The van der Waals surface area contributed by atoms with E-state index in [1.165, 1.54) is 38.5 Å². The van der Waals surface area contributed by atoms with Crippen molar-refractivity contribution in [2.45, 2.75) is 125 Å². The van der Waals surface area contributed by atoms with Gasteiger partial charge in [0.2, 0.25) is 5.91 Å². The third-order valence-corrected chi connectivity index (χ3v) is 6.18. The molecule has 0 aromatic heterocycles. The van der Waals surface area contributed by atoms with Gasteiger partial charge in [0.25, 0.3) is 0 Å². The Morgan fingerprint density at radius 3 is 1.67 bits per heavy atom. The van der Waals surface area contributed by atoms with Gasteiger partial charge in [-0.25, -0.2) is 0 Å². The Kier molecular flexibility index (Phi) is 19.2. The fraction of sp³-hybridized carbons (Fsp3) is 0.923. The molecule has 30 heavy (non-hydrogen) atoms. The molecule has 0 radical (unpaired) electrons. The third-order valence-electron chi connectivity index (χ3n) is 6.18. The molecule has 0 rings (SSSR count). The van der Waals surface area contributed by atoms with Crippen LogP contribution in [0, 0.1) is 11.8 Å². The van der Waals surface area contributed by atoms with Crippen LogP contribution in [0.2, 0.25) is 0 Å². The summed E-state index contributed by atoms with van der Waals surface area (Å²) in [5.74, 6) is 1.36. The molecule has 0 saturated carbocycles. The van der Waals surface area contributed by atoms with Crippen LogP contribution in [-0.2, 0) is 14.3 Å². The fourth-order valence-corrected chi connectivity index (χ4v) is 3.84. The Morgan fingerprint density at radius 1 is 0.700 bits per heavy atom. The lowest BCUT2D eigenvalue weighted by atomic mass is 9.95. The van der Waals surface area contributed by atoms with Crippen molar-refractivity contribution >= 4 is 11.9 Å². The lowest BCUT2D eigenvalue weighted by Crippen LogP contribution is -2.38. The van der Waals surface area contributed by atoms with Crippen molar-refractivity contribution in [2.75, 3.05) is 19.7 Å². The molecule has 4 nitrogen and oxygen atoms in total. The molecule has 0 saturated heterocycles. The van der Waals surface area contributed by atoms with Gasteiger partial charge in [-0.1, -0.05) is 79.6 Å². The van der Waals surface area contributed by atoms with Crippen molar-refractivity contribution in [3.63, 3.8) is 0 Å². The van der Waals surface area contributed by atoms with Gasteiger partial charge in [0.15, 0.2) is 0 Å². The summed E-state index contributed by atoms with van der Waals surface area (Å²) >= 11 is 0. The van der Waals surface area contributed by atoms with Crippen LogP contribution in [0.5, 0.6) is 0 Å².